The molecule has 8 nitrogen and oxygen atoms in total. The van der Waals surface area contributed by atoms with Gasteiger partial charge in [0.25, 0.3) is 11.8 Å². The molecule has 8 heteroatoms. The van der Waals surface area contributed by atoms with E-state index in [2.05, 4.69) is 10.6 Å². The first-order valence-electron chi connectivity index (χ1n) is 11.9. The maximum absolute atomic E-state index is 13.2. The molecule has 0 atom stereocenters. The van der Waals surface area contributed by atoms with Crippen LogP contribution in [0.15, 0.2) is 66.7 Å². The molecule has 0 unspecified atom stereocenters. The van der Waals surface area contributed by atoms with Gasteiger partial charge in [-0.1, -0.05) is 36.4 Å². The van der Waals surface area contributed by atoms with Crippen molar-refractivity contribution in [2.24, 2.45) is 0 Å². The molecule has 4 rings (SSSR count). The number of hydrogen-bond acceptors (Lipinski definition) is 5. The Morgan fingerprint density at radius 2 is 1.62 bits per heavy atom. The van der Waals surface area contributed by atoms with Crippen molar-refractivity contribution in [2.45, 2.75) is 6.92 Å². The second-order valence-corrected chi connectivity index (χ2v) is 9.32. The quantitative estimate of drug-likeness (QED) is 0.401. The van der Waals surface area contributed by atoms with E-state index in [9.17, 15) is 19.5 Å². The van der Waals surface area contributed by atoms with Gasteiger partial charge in [0.1, 0.15) is 0 Å². The van der Waals surface area contributed by atoms with Crippen LogP contribution >= 0.6 is 0 Å². The number of rotatable bonds is 8. The van der Waals surface area contributed by atoms with Crippen LogP contribution in [0.5, 0.6) is 0 Å². The third kappa shape index (κ3) is 5.54. The molecule has 37 heavy (non-hydrogen) atoms. The van der Waals surface area contributed by atoms with E-state index in [4.69, 9.17) is 0 Å². The van der Waals surface area contributed by atoms with E-state index in [1.54, 1.807) is 43.1 Å². The highest BCUT2D eigenvalue weighted by Crippen LogP contribution is 2.39. The monoisotopic (exact) mass is 498 g/mol. The third-order valence-electron chi connectivity index (χ3n) is 6.26. The molecule has 0 saturated carbocycles. The van der Waals surface area contributed by atoms with Crippen LogP contribution in [0.4, 0.5) is 11.4 Å². The van der Waals surface area contributed by atoms with Crippen LogP contribution < -0.4 is 10.6 Å². The average Bonchev–Trinajstić information content (AvgIpc) is 3.19. The lowest BCUT2D eigenvalue weighted by atomic mass is 9.96. The summed E-state index contributed by atoms with van der Waals surface area (Å²) >= 11 is 0. The molecular weight excluding hydrogens is 468 g/mol. The number of benzene rings is 3. The lowest BCUT2D eigenvalue weighted by molar-refractivity contribution is -0.110. The standard InChI is InChI=1S/C29H30N4O4/c1-18-15-23-24(17-22(18)29(36)37)31-27(34)25(23)26(19-9-6-5-7-10-19)30-21-12-8-11-20(16-21)28(35)33(4)14-13-32(2)3/h5-12,15-17,30H,13-14H2,1-4H3,(H,31,34)(H,36,37)/b26-25+. The van der Waals surface area contributed by atoms with Crippen LogP contribution in [-0.4, -0.2) is 66.9 Å². The molecule has 0 radical (unpaired) electrons. The normalized spacial score (nSPS) is 13.7. The minimum absolute atomic E-state index is 0.0970. The largest absolute Gasteiger partial charge is 0.478 e. The summed E-state index contributed by atoms with van der Waals surface area (Å²) in [5.74, 6) is -1.48. The second kappa shape index (κ2) is 10.7. The molecule has 190 valence electrons. The molecule has 0 bridgehead atoms. The van der Waals surface area contributed by atoms with Crippen LogP contribution in [-0.2, 0) is 4.79 Å². The molecule has 2 amide bonds. The Bertz CT molecular complexity index is 1400. The average molecular weight is 499 g/mol. The zero-order valence-corrected chi connectivity index (χ0v) is 21.3. The van der Waals surface area contributed by atoms with Gasteiger partial charge in [-0.15, -0.1) is 0 Å². The van der Waals surface area contributed by atoms with Crippen molar-refractivity contribution in [3.05, 3.63) is 94.5 Å². The predicted octanol–water partition coefficient (Wildman–Crippen LogP) is 4.26. The number of aryl methyl sites for hydroxylation is 1. The molecule has 1 aliphatic heterocycles. The number of nitrogens with one attached hydrogen (secondary N) is 2. The molecule has 1 aliphatic rings. The van der Waals surface area contributed by atoms with Crippen molar-refractivity contribution in [2.75, 3.05) is 44.9 Å². The molecule has 0 fully saturated rings. The van der Waals surface area contributed by atoms with E-state index in [1.165, 1.54) is 6.07 Å². The van der Waals surface area contributed by atoms with Gasteiger partial charge < -0.3 is 25.5 Å². The summed E-state index contributed by atoms with van der Waals surface area (Å²) in [5.41, 5.74) is 4.69. The minimum atomic E-state index is -1.05. The Morgan fingerprint density at radius 1 is 0.919 bits per heavy atom. The van der Waals surface area contributed by atoms with E-state index >= 15 is 0 Å². The zero-order chi connectivity index (χ0) is 26.7. The van der Waals surface area contributed by atoms with E-state index < -0.39 is 5.97 Å². The fourth-order valence-corrected chi connectivity index (χ4v) is 4.23. The number of carboxylic acid groups (broad SMARTS) is 1. The molecule has 3 aromatic rings. The van der Waals surface area contributed by atoms with Crippen molar-refractivity contribution in [1.82, 2.24) is 9.80 Å². The number of hydrogen-bond donors (Lipinski definition) is 3. The Morgan fingerprint density at radius 3 is 2.30 bits per heavy atom. The molecule has 0 saturated heterocycles. The number of anilines is 2. The van der Waals surface area contributed by atoms with Gasteiger partial charge in [0.15, 0.2) is 0 Å². The first kappa shape index (κ1) is 25.7. The second-order valence-electron chi connectivity index (χ2n) is 9.32. The number of carbonyl (C=O) groups is 3. The third-order valence-corrected chi connectivity index (χ3v) is 6.26. The topological polar surface area (TPSA) is 102 Å². The molecule has 0 spiro atoms. The Kier molecular flexibility index (Phi) is 7.40. The van der Waals surface area contributed by atoms with Crippen molar-refractivity contribution < 1.29 is 19.5 Å². The Balaban J connectivity index is 1.76. The first-order chi connectivity index (χ1) is 17.7. The van der Waals surface area contributed by atoms with Crippen LogP contribution in [0.2, 0.25) is 0 Å². The molecule has 0 aliphatic carbocycles. The van der Waals surface area contributed by atoms with Gasteiger partial charge in [0, 0.05) is 37.0 Å². The summed E-state index contributed by atoms with van der Waals surface area (Å²) in [5, 5.41) is 15.7. The molecule has 3 N–H and O–H groups in total. The number of nitrogens with zero attached hydrogens (tertiary/aromatic N) is 2. The van der Waals surface area contributed by atoms with Gasteiger partial charge in [-0.3, -0.25) is 9.59 Å². The summed E-state index contributed by atoms with van der Waals surface area (Å²) in [7, 11) is 5.70. The van der Waals surface area contributed by atoms with Gasteiger partial charge in [0.2, 0.25) is 0 Å². The molecule has 3 aromatic carbocycles. The van der Waals surface area contributed by atoms with E-state index in [0.717, 1.165) is 12.1 Å². The fourth-order valence-electron chi connectivity index (χ4n) is 4.23. The fraction of sp³-hybridized carbons (Fsp3) is 0.207. The van der Waals surface area contributed by atoms with Crippen LogP contribution in [0.1, 0.15) is 37.4 Å². The van der Waals surface area contributed by atoms with Gasteiger partial charge in [0.05, 0.1) is 22.5 Å². The molecule has 0 aromatic heterocycles. The summed E-state index contributed by atoms with van der Waals surface area (Å²) in [6, 6.07) is 19.8. The lowest BCUT2D eigenvalue weighted by Crippen LogP contribution is -2.33. The smallest absolute Gasteiger partial charge is 0.336 e. The van der Waals surface area contributed by atoms with Crippen LogP contribution in [0.3, 0.4) is 0 Å². The van der Waals surface area contributed by atoms with Crippen molar-refractivity contribution in [1.29, 1.82) is 0 Å². The highest BCUT2D eigenvalue weighted by molar-refractivity contribution is 6.37. The number of fused-ring (bicyclic) bond motifs is 1. The molecule has 1 heterocycles. The van der Waals surface area contributed by atoms with Gasteiger partial charge in [-0.25, -0.2) is 4.79 Å². The maximum atomic E-state index is 13.2. The number of carbonyl (C=O) groups excluding carboxylic acids is 2. The number of amides is 2. The van der Waals surface area contributed by atoms with Crippen molar-refractivity contribution in [3.63, 3.8) is 0 Å². The van der Waals surface area contributed by atoms with Crippen molar-refractivity contribution in [3.8, 4) is 0 Å². The van der Waals surface area contributed by atoms with Crippen LogP contribution in [0.25, 0.3) is 11.3 Å². The predicted molar refractivity (Wildman–Crippen MR) is 146 cm³/mol. The maximum Gasteiger partial charge on any atom is 0.336 e. The number of carboxylic acids is 1. The summed E-state index contributed by atoms with van der Waals surface area (Å²) in [6.07, 6.45) is 0. The van der Waals surface area contributed by atoms with Crippen LogP contribution in [0, 0.1) is 6.92 Å². The van der Waals surface area contributed by atoms with E-state index in [0.29, 0.717) is 45.9 Å². The Hall–Kier alpha value is -4.43. The highest BCUT2D eigenvalue weighted by atomic mass is 16.4. The van der Waals surface area contributed by atoms with Gasteiger partial charge >= 0.3 is 5.97 Å². The zero-order valence-electron chi connectivity index (χ0n) is 21.3. The number of aromatic carboxylic acids is 1. The van der Waals surface area contributed by atoms with E-state index in [-0.39, 0.29) is 17.4 Å². The summed E-state index contributed by atoms with van der Waals surface area (Å²) in [4.78, 5) is 41.5. The number of likely N-dealkylation sites (N-methyl/N-ethyl adjacent to an activating group) is 2. The van der Waals surface area contributed by atoms with Crippen molar-refractivity contribution >= 4 is 40.4 Å². The first-order valence-corrected chi connectivity index (χ1v) is 11.9. The lowest BCUT2D eigenvalue weighted by Gasteiger charge is -2.20. The summed E-state index contributed by atoms with van der Waals surface area (Å²) in [6.45, 7) is 3.06. The highest BCUT2D eigenvalue weighted by Gasteiger charge is 2.30. The van der Waals surface area contributed by atoms with Gasteiger partial charge in [-0.2, -0.15) is 0 Å². The Labute approximate surface area is 216 Å². The SMILES string of the molecule is Cc1cc2c(cc1C(=O)O)NC(=O)/C2=C(/Nc1cccc(C(=O)N(C)CCN(C)C)c1)c1ccccc1. The van der Waals surface area contributed by atoms with E-state index in [1.807, 2.05) is 55.4 Å². The minimum Gasteiger partial charge on any atom is -0.478 e. The van der Waals surface area contributed by atoms with Gasteiger partial charge in [-0.05, 0) is 62.5 Å². The molecular formula is C29H30N4O4. The summed E-state index contributed by atoms with van der Waals surface area (Å²) < 4.78 is 0.